The molecule has 1 heterocycles. The summed E-state index contributed by atoms with van der Waals surface area (Å²) in [6.07, 6.45) is 0.866. The highest BCUT2D eigenvalue weighted by molar-refractivity contribution is 6.30. The van der Waals surface area contributed by atoms with Crippen LogP contribution in [0.15, 0.2) is 48.5 Å². The van der Waals surface area contributed by atoms with Gasteiger partial charge in [-0.15, -0.1) is 0 Å². The second-order valence-corrected chi connectivity index (χ2v) is 6.47. The molecular weight excluding hydrogens is 324 g/mol. The fraction of sp³-hybridized carbons (Fsp3) is 0.263. The molecule has 3 rings (SSSR count). The molecule has 2 amide bonds. The second kappa shape index (κ2) is 7.05. The third kappa shape index (κ3) is 3.77. The lowest BCUT2D eigenvalue weighted by molar-refractivity contribution is -0.126. The molecule has 1 atom stereocenters. The summed E-state index contributed by atoms with van der Waals surface area (Å²) in [5, 5.41) is 3.48. The Hall–Kier alpha value is -2.33. The van der Waals surface area contributed by atoms with Gasteiger partial charge in [0.1, 0.15) is 6.04 Å². The maximum absolute atomic E-state index is 12.5. The maximum Gasteiger partial charge on any atom is 0.249 e. The van der Waals surface area contributed by atoms with Gasteiger partial charge in [-0.3, -0.25) is 9.59 Å². The highest BCUT2D eigenvalue weighted by atomic mass is 35.5. The third-order valence-electron chi connectivity index (χ3n) is 4.16. The zero-order chi connectivity index (χ0) is 17.1. The lowest BCUT2D eigenvalue weighted by atomic mass is 10.1. The standard InChI is InChI=1S/C19H19ClN2O2/c1-13-2-8-16(9-3-13)22-11-10-17(19(22)24)21-18(23)12-14-4-6-15(20)7-5-14/h2-9,17H,10-12H2,1H3,(H,21,23)/t17-/m1/s1. The van der Waals surface area contributed by atoms with Gasteiger partial charge in [0.2, 0.25) is 11.8 Å². The van der Waals surface area contributed by atoms with Crippen LogP contribution in [-0.2, 0) is 16.0 Å². The van der Waals surface area contributed by atoms with E-state index in [0.717, 1.165) is 16.8 Å². The fourth-order valence-corrected chi connectivity index (χ4v) is 2.95. The minimum atomic E-state index is -0.453. The summed E-state index contributed by atoms with van der Waals surface area (Å²) < 4.78 is 0. The topological polar surface area (TPSA) is 49.4 Å². The molecule has 0 saturated carbocycles. The van der Waals surface area contributed by atoms with Gasteiger partial charge in [0.15, 0.2) is 0 Å². The molecule has 0 radical (unpaired) electrons. The summed E-state index contributed by atoms with van der Waals surface area (Å²) in [4.78, 5) is 26.4. The zero-order valence-corrected chi connectivity index (χ0v) is 14.2. The van der Waals surface area contributed by atoms with Crippen molar-refractivity contribution in [2.45, 2.75) is 25.8 Å². The number of rotatable bonds is 4. The average Bonchev–Trinajstić information content (AvgIpc) is 2.91. The molecule has 1 aliphatic heterocycles. The van der Waals surface area contributed by atoms with E-state index in [4.69, 9.17) is 11.6 Å². The van der Waals surface area contributed by atoms with Crippen LogP contribution in [0.5, 0.6) is 0 Å². The van der Waals surface area contributed by atoms with Crippen LogP contribution in [0.2, 0.25) is 5.02 Å². The van der Waals surface area contributed by atoms with E-state index < -0.39 is 6.04 Å². The van der Waals surface area contributed by atoms with Crippen LogP contribution in [0.3, 0.4) is 0 Å². The summed E-state index contributed by atoms with van der Waals surface area (Å²) in [6, 6.07) is 14.5. The van der Waals surface area contributed by atoms with Crippen molar-refractivity contribution < 1.29 is 9.59 Å². The SMILES string of the molecule is Cc1ccc(N2CC[C@@H](NC(=O)Cc3ccc(Cl)cc3)C2=O)cc1. The molecule has 4 nitrogen and oxygen atoms in total. The van der Waals surface area contributed by atoms with E-state index in [1.807, 2.05) is 43.3 Å². The second-order valence-electron chi connectivity index (χ2n) is 6.04. The zero-order valence-electron chi connectivity index (χ0n) is 13.5. The van der Waals surface area contributed by atoms with Crippen LogP contribution in [0, 0.1) is 6.92 Å². The van der Waals surface area contributed by atoms with Crippen molar-refractivity contribution in [3.8, 4) is 0 Å². The first-order valence-corrected chi connectivity index (χ1v) is 8.32. The number of hydrogen-bond donors (Lipinski definition) is 1. The van der Waals surface area contributed by atoms with E-state index in [-0.39, 0.29) is 18.2 Å². The van der Waals surface area contributed by atoms with Crippen LogP contribution in [0.4, 0.5) is 5.69 Å². The van der Waals surface area contributed by atoms with E-state index >= 15 is 0 Å². The predicted octanol–water partition coefficient (Wildman–Crippen LogP) is 3.11. The van der Waals surface area contributed by atoms with Gasteiger partial charge in [-0.25, -0.2) is 0 Å². The number of nitrogens with zero attached hydrogens (tertiary/aromatic N) is 1. The van der Waals surface area contributed by atoms with E-state index in [0.29, 0.717) is 18.0 Å². The van der Waals surface area contributed by atoms with Crippen molar-refractivity contribution in [3.63, 3.8) is 0 Å². The first-order valence-electron chi connectivity index (χ1n) is 7.95. The molecule has 1 aliphatic rings. The number of benzene rings is 2. The summed E-state index contributed by atoms with van der Waals surface area (Å²) in [7, 11) is 0. The van der Waals surface area contributed by atoms with Crippen LogP contribution in [0.1, 0.15) is 17.5 Å². The first kappa shape index (κ1) is 16.5. The summed E-state index contributed by atoms with van der Waals surface area (Å²) in [5.74, 6) is -0.204. The minimum Gasteiger partial charge on any atom is -0.344 e. The fourth-order valence-electron chi connectivity index (χ4n) is 2.83. The Morgan fingerprint density at radius 3 is 2.50 bits per heavy atom. The Bertz CT molecular complexity index is 741. The van der Waals surface area contributed by atoms with Gasteiger partial charge in [-0.2, -0.15) is 0 Å². The van der Waals surface area contributed by atoms with E-state index in [1.54, 1.807) is 17.0 Å². The van der Waals surface area contributed by atoms with Gasteiger partial charge in [0, 0.05) is 17.3 Å². The van der Waals surface area contributed by atoms with E-state index in [1.165, 1.54) is 0 Å². The molecule has 124 valence electrons. The Morgan fingerprint density at radius 2 is 1.83 bits per heavy atom. The van der Waals surface area contributed by atoms with Crippen molar-refractivity contribution in [2.75, 3.05) is 11.4 Å². The van der Waals surface area contributed by atoms with Crippen molar-refractivity contribution in [1.29, 1.82) is 0 Å². The van der Waals surface area contributed by atoms with Crippen LogP contribution in [0.25, 0.3) is 0 Å². The number of amides is 2. The lowest BCUT2D eigenvalue weighted by Gasteiger charge is -2.17. The molecule has 2 aromatic carbocycles. The Labute approximate surface area is 146 Å². The molecule has 1 fully saturated rings. The number of carbonyl (C=O) groups excluding carboxylic acids is 2. The van der Waals surface area contributed by atoms with Gasteiger partial charge in [-0.05, 0) is 43.2 Å². The molecule has 24 heavy (non-hydrogen) atoms. The molecule has 1 saturated heterocycles. The highest BCUT2D eigenvalue weighted by Crippen LogP contribution is 2.22. The number of carbonyl (C=O) groups is 2. The molecule has 2 aromatic rings. The van der Waals surface area contributed by atoms with Crippen LogP contribution in [-0.4, -0.2) is 24.4 Å². The largest absolute Gasteiger partial charge is 0.344 e. The maximum atomic E-state index is 12.5. The molecule has 0 bridgehead atoms. The van der Waals surface area contributed by atoms with Gasteiger partial charge >= 0.3 is 0 Å². The molecule has 0 unspecified atom stereocenters. The summed E-state index contributed by atoms with van der Waals surface area (Å²) >= 11 is 5.84. The number of anilines is 1. The average molecular weight is 343 g/mol. The minimum absolute atomic E-state index is 0.0525. The van der Waals surface area contributed by atoms with Gasteiger partial charge in [0.25, 0.3) is 0 Å². The highest BCUT2D eigenvalue weighted by Gasteiger charge is 2.33. The Kier molecular flexibility index (Phi) is 4.86. The predicted molar refractivity (Wildman–Crippen MR) is 95.2 cm³/mol. The molecule has 0 spiro atoms. The summed E-state index contributed by atoms with van der Waals surface area (Å²) in [6.45, 7) is 2.63. The van der Waals surface area contributed by atoms with Gasteiger partial charge < -0.3 is 10.2 Å². The number of hydrogen-bond acceptors (Lipinski definition) is 2. The third-order valence-corrected chi connectivity index (χ3v) is 4.42. The monoisotopic (exact) mass is 342 g/mol. The number of halogens is 1. The lowest BCUT2D eigenvalue weighted by Crippen LogP contribution is -2.42. The molecular formula is C19H19ClN2O2. The normalized spacial score (nSPS) is 17.2. The van der Waals surface area contributed by atoms with Crippen molar-refractivity contribution in [1.82, 2.24) is 5.32 Å². The molecule has 1 N–H and O–H groups in total. The van der Waals surface area contributed by atoms with E-state index in [9.17, 15) is 9.59 Å². The van der Waals surface area contributed by atoms with Crippen LogP contribution >= 0.6 is 11.6 Å². The molecule has 0 aromatic heterocycles. The Morgan fingerprint density at radius 1 is 1.17 bits per heavy atom. The van der Waals surface area contributed by atoms with E-state index in [2.05, 4.69) is 5.32 Å². The summed E-state index contributed by atoms with van der Waals surface area (Å²) in [5.41, 5.74) is 2.90. The van der Waals surface area contributed by atoms with Gasteiger partial charge in [-0.1, -0.05) is 41.4 Å². The number of aryl methyl sites for hydroxylation is 1. The molecule has 0 aliphatic carbocycles. The molecule has 5 heteroatoms. The quantitative estimate of drug-likeness (QED) is 0.928. The van der Waals surface area contributed by atoms with Gasteiger partial charge in [0.05, 0.1) is 6.42 Å². The first-order chi connectivity index (χ1) is 11.5. The smallest absolute Gasteiger partial charge is 0.249 e. The van der Waals surface area contributed by atoms with Crippen molar-refractivity contribution in [3.05, 3.63) is 64.7 Å². The van der Waals surface area contributed by atoms with Crippen LogP contribution < -0.4 is 10.2 Å². The van der Waals surface area contributed by atoms with Crippen molar-refractivity contribution in [2.24, 2.45) is 0 Å². The number of nitrogens with one attached hydrogen (secondary N) is 1. The Balaban J connectivity index is 1.60. The van der Waals surface area contributed by atoms with Crippen molar-refractivity contribution >= 4 is 29.1 Å².